The molecule has 1 amide bonds. The van der Waals surface area contributed by atoms with Crippen LogP contribution in [0.3, 0.4) is 0 Å². The van der Waals surface area contributed by atoms with Crippen LogP contribution in [0.1, 0.15) is 10.4 Å². The zero-order valence-corrected chi connectivity index (χ0v) is 14.0. The fourth-order valence-corrected chi connectivity index (χ4v) is 2.93. The number of nitrogens with zero attached hydrogens (tertiary/aromatic N) is 1. The van der Waals surface area contributed by atoms with Gasteiger partial charge < -0.3 is 0 Å². The number of hydrogen-bond acceptors (Lipinski definition) is 4. The first-order valence-corrected chi connectivity index (χ1v) is 8.29. The van der Waals surface area contributed by atoms with Crippen molar-refractivity contribution >= 4 is 45.6 Å². The Hall–Kier alpha value is -2.08. The first-order valence-electron chi connectivity index (χ1n) is 6.66. The van der Waals surface area contributed by atoms with Crippen molar-refractivity contribution in [2.45, 2.75) is 0 Å². The number of amides is 1. The van der Waals surface area contributed by atoms with Crippen molar-refractivity contribution in [3.63, 3.8) is 0 Å². The Balaban J connectivity index is 1.67. The van der Waals surface area contributed by atoms with E-state index in [-0.39, 0.29) is 5.91 Å². The molecule has 3 rings (SSSR count). The number of anilines is 1. The van der Waals surface area contributed by atoms with Crippen LogP contribution in [0.4, 0.5) is 5.13 Å². The fourth-order valence-electron chi connectivity index (χ4n) is 1.91. The summed E-state index contributed by atoms with van der Waals surface area (Å²) in [5, 5.41) is 3.55. The van der Waals surface area contributed by atoms with Crippen LogP contribution >= 0.6 is 34.5 Å². The second-order valence-corrected chi connectivity index (χ2v) is 6.31. The van der Waals surface area contributed by atoms with Crippen molar-refractivity contribution in [3.05, 3.63) is 69.5 Å². The van der Waals surface area contributed by atoms with Crippen LogP contribution in [-0.4, -0.2) is 10.9 Å². The first-order chi connectivity index (χ1) is 11.1. The summed E-state index contributed by atoms with van der Waals surface area (Å²) in [6, 6.07) is 14.2. The first kappa shape index (κ1) is 15.8. The van der Waals surface area contributed by atoms with Crippen LogP contribution in [0.5, 0.6) is 0 Å². The molecule has 1 heterocycles. The molecule has 4 nitrogen and oxygen atoms in total. The highest BCUT2D eigenvalue weighted by Crippen LogP contribution is 2.25. The highest BCUT2D eigenvalue weighted by Gasteiger charge is 2.10. The Morgan fingerprint density at radius 3 is 2.52 bits per heavy atom. The minimum Gasteiger partial charge on any atom is -0.273 e. The molecule has 23 heavy (non-hydrogen) atoms. The zero-order valence-electron chi connectivity index (χ0n) is 11.7. The highest BCUT2D eigenvalue weighted by molar-refractivity contribution is 7.14. The quantitative estimate of drug-likeness (QED) is 0.649. The van der Waals surface area contributed by atoms with Gasteiger partial charge in [0.2, 0.25) is 5.13 Å². The minimum absolute atomic E-state index is 0.321. The lowest BCUT2D eigenvalue weighted by atomic mass is 10.2. The summed E-state index contributed by atoms with van der Waals surface area (Å²) in [5.41, 5.74) is 7.54. The van der Waals surface area contributed by atoms with E-state index in [1.807, 2.05) is 29.6 Å². The van der Waals surface area contributed by atoms with E-state index in [9.17, 15) is 4.79 Å². The van der Waals surface area contributed by atoms with E-state index in [0.29, 0.717) is 20.7 Å². The van der Waals surface area contributed by atoms with Gasteiger partial charge in [-0.2, -0.15) is 0 Å². The predicted molar refractivity (Wildman–Crippen MR) is 95.1 cm³/mol. The van der Waals surface area contributed by atoms with Gasteiger partial charge in [-0.3, -0.25) is 15.6 Å². The van der Waals surface area contributed by atoms with E-state index in [0.717, 1.165) is 11.3 Å². The number of aromatic nitrogens is 1. The van der Waals surface area contributed by atoms with Crippen LogP contribution < -0.4 is 10.9 Å². The van der Waals surface area contributed by atoms with E-state index < -0.39 is 0 Å². The number of carbonyl (C=O) groups is 1. The third-order valence-electron chi connectivity index (χ3n) is 3.05. The lowest BCUT2D eigenvalue weighted by Crippen LogP contribution is -2.29. The molecule has 116 valence electrons. The molecule has 0 aliphatic heterocycles. The van der Waals surface area contributed by atoms with Gasteiger partial charge in [-0.25, -0.2) is 4.98 Å². The normalized spacial score (nSPS) is 10.3. The number of benzene rings is 2. The Kier molecular flexibility index (Phi) is 4.81. The van der Waals surface area contributed by atoms with Crippen molar-refractivity contribution in [1.82, 2.24) is 10.4 Å². The molecule has 0 atom stereocenters. The number of hydrazine groups is 1. The summed E-state index contributed by atoms with van der Waals surface area (Å²) >= 11 is 13.2. The van der Waals surface area contributed by atoms with Crippen molar-refractivity contribution in [2.75, 3.05) is 5.43 Å². The maximum Gasteiger partial charge on any atom is 0.271 e. The van der Waals surface area contributed by atoms with Crippen molar-refractivity contribution in [3.8, 4) is 11.3 Å². The van der Waals surface area contributed by atoms with Gasteiger partial charge in [-0.15, -0.1) is 11.3 Å². The average Bonchev–Trinajstić information content (AvgIpc) is 3.03. The molecule has 0 unspecified atom stereocenters. The number of halogens is 2. The molecule has 0 saturated carbocycles. The van der Waals surface area contributed by atoms with Gasteiger partial charge in [-0.05, 0) is 24.3 Å². The molecule has 0 aliphatic carbocycles. The Labute approximate surface area is 147 Å². The molecule has 0 aliphatic rings. The number of hydrogen-bond donors (Lipinski definition) is 2. The molecule has 0 spiro atoms. The maximum atomic E-state index is 12.1. The van der Waals surface area contributed by atoms with Gasteiger partial charge in [0.1, 0.15) is 0 Å². The van der Waals surface area contributed by atoms with Crippen LogP contribution in [0.2, 0.25) is 10.0 Å². The van der Waals surface area contributed by atoms with Gasteiger partial charge in [-0.1, -0.05) is 47.5 Å². The number of rotatable bonds is 4. The standard InChI is InChI=1S/C16H11Cl2N3OS/c17-11-7-5-10(6-8-11)14-9-23-16(19-14)21-20-15(22)12-3-1-2-4-13(12)18/h1-9H,(H,19,21)(H,20,22). The SMILES string of the molecule is O=C(NNc1nc(-c2ccc(Cl)cc2)cs1)c1ccccc1Cl. The molecule has 1 aromatic heterocycles. The molecule has 3 aromatic rings. The van der Waals surface area contributed by atoms with Crippen molar-refractivity contribution in [1.29, 1.82) is 0 Å². The molecule has 2 N–H and O–H groups in total. The molecule has 0 bridgehead atoms. The summed E-state index contributed by atoms with van der Waals surface area (Å²) in [4.78, 5) is 16.5. The number of carbonyl (C=O) groups excluding carboxylic acids is 1. The molecule has 7 heteroatoms. The summed E-state index contributed by atoms with van der Waals surface area (Å²) in [6.07, 6.45) is 0. The van der Waals surface area contributed by atoms with Gasteiger partial charge in [0.15, 0.2) is 0 Å². The Bertz CT molecular complexity index is 833. The van der Waals surface area contributed by atoms with Gasteiger partial charge in [0, 0.05) is 16.0 Å². The average molecular weight is 364 g/mol. The third kappa shape index (κ3) is 3.82. The largest absolute Gasteiger partial charge is 0.273 e. The molecule has 0 fully saturated rings. The molecule has 0 saturated heterocycles. The minimum atomic E-state index is -0.321. The molecule has 2 aromatic carbocycles. The maximum absolute atomic E-state index is 12.1. The molecular weight excluding hydrogens is 353 g/mol. The Morgan fingerprint density at radius 2 is 1.78 bits per heavy atom. The van der Waals surface area contributed by atoms with Crippen LogP contribution in [-0.2, 0) is 0 Å². The molecular formula is C16H11Cl2N3OS. The van der Waals surface area contributed by atoms with E-state index >= 15 is 0 Å². The van der Waals surface area contributed by atoms with Crippen molar-refractivity contribution in [2.24, 2.45) is 0 Å². The van der Waals surface area contributed by atoms with E-state index in [4.69, 9.17) is 23.2 Å². The highest BCUT2D eigenvalue weighted by atomic mass is 35.5. The summed E-state index contributed by atoms with van der Waals surface area (Å²) in [7, 11) is 0. The van der Waals surface area contributed by atoms with Gasteiger partial charge in [0.25, 0.3) is 5.91 Å². The summed E-state index contributed by atoms with van der Waals surface area (Å²) in [5.74, 6) is -0.321. The summed E-state index contributed by atoms with van der Waals surface area (Å²) in [6.45, 7) is 0. The van der Waals surface area contributed by atoms with E-state index in [1.54, 1.807) is 24.3 Å². The number of thiazole rings is 1. The summed E-state index contributed by atoms with van der Waals surface area (Å²) < 4.78 is 0. The van der Waals surface area contributed by atoms with Gasteiger partial charge >= 0.3 is 0 Å². The zero-order chi connectivity index (χ0) is 16.2. The number of nitrogens with one attached hydrogen (secondary N) is 2. The van der Waals surface area contributed by atoms with Crippen molar-refractivity contribution < 1.29 is 4.79 Å². The van der Waals surface area contributed by atoms with E-state index in [1.165, 1.54) is 11.3 Å². The monoisotopic (exact) mass is 363 g/mol. The van der Waals surface area contributed by atoms with Crippen LogP contribution in [0.25, 0.3) is 11.3 Å². The fraction of sp³-hybridized carbons (Fsp3) is 0. The second-order valence-electron chi connectivity index (χ2n) is 4.60. The lowest BCUT2D eigenvalue weighted by Gasteiger charge is -2.06. The van der Waals surface area contributed by atoms with Gasteiger partial charge in [0.05, 0.1) is 16.3 Å². The van der Waals surface area contributed by atoms with Crippen LogP contribution in [0.15, 0.2) is 53.9 Å². The van der Waals surface area contributed by atoms with E-state index in [2.05, 4.69) is 15.8 Å². The molecule has 0 radical (unpaired) electrons. The van der Waals surface area contributed by atoms with Crippen LogP contribution in [0, 0.1) is 0 Å². The third-order valence-corrected chi connectivity index (χ3v) is 4.38. The smallest absolute Gasteiger partial charge is 0.271 e. The lowest BCUT2D eigenvalue weighted by molar-refractivity contribution is 0.0963. The Morgan fingerprint density at radius 1 is 1.04 bits per heavy atom. The topological polar surface area (TPSA) is 54.0 Å². The predicted octanol–water partition coefficient (Wildman–Crippen LogP) is 4.87. The second kappa shape index (κ2) is 7.00.